The Labute approximate surface area is 170 Å². The first-order valence-corrected chi connectivity index (χ1v) is 9.74. The van der Waals surface area contributed by atoms with Gasteiger partial charge in [0.15, 0.2) is 0 Å². The fourth-order valence-electron chi connectivity index (χ4n) is 3.43. The fourth-order valence-corrected chi connectivity index (χ4v) is 4.36. The zero-order valence-corrected chi connectivity index (χ0v) is 16.0. The molecule has 0 aliphatic carbocycles. The lowest BCUT2D eigenvalue weighted by Crippen LogP contribution is -2.34. The van der Waals surface area contributed by atoms with Crippen LogP contribution in [0, 0.1) is 0 Å². The van der Waals surface area contributed by atoms with Gasteiger partial charge in [-0.1, -0.05) is 48.5 Å². The molecule has 1 fully saturated rings. The van der Waals surface area contributed by atoms with E-state index in [-0.39, 0.29) is 16.4 Å². The van der Waals surface area contributed by atoms with Gasteiger partial charge in [-0.25, -0.2) is 0 Å². The van der Waals surface area contributed by atoms with Crippen LogP contribution in [0.25, 0.3) is 5.57 Å². The zero-order valence-electron chi connectivity index (χ0n) is 15.2. The highest BCUT2D eigenvalue weighted by atomic mass is 32.2. The number of thioether (sulfide) groups is 1. The van der Waals surface area contributed by atoms with Gasteiger partial charge < -0.3 is 10.0 Å². The third kappa shape index (κ3) is 3.42. The number of hydrogen-bond acceptors (Lipinski definition) is 5. The average molecular weight is 408 g/mol. The minimum atomic E-state index is -1.29. The Bertz CT molecular complexity index is 1060. The second-order valence-corrected chi connectivity index (χ2v) is 7.53. The Morgan fingerprint density at radius 1 is 0.897 bits per heavy atom. The molecule has 29 heavy (non-hydrogen) atoms. The van der Waals surface area contributed by atoms with Crippen LogP contribution < -0.4 is 4.90 Å². The van der Waals surface area contributed by atoms with E-state index in [1.165, 1.54) is 0 Å². The molecule has 0 radical (unpaired) electrons. The Morgan fingerprint density at radius 2 is 1.59 bits per heavy atom. The monoisotopic (exact) mass is 408 g/mol. The predicted octanol–water partition coefficient (Wildman–Crippen LogP) is 2.77. The van der Waals surface area contributed by atoms with Crippen molar-refractivity contribution in [2.24, 2.45) is 0 Å². The van der Waals surface area contributed by atoms with E-state index in [4.69, 9.17) is 5.11 Å². The van der Waals surface area contributed by atoms with Crippen molar-refractivity contribution < 1.29 is 24.3 Å². The Morgan fingerprint density at radius 3 is 2.31 bits per heavy atom. The van der Waals surface area contributed by atoms with Crippen molar-refractivity contribution in [3.63, 3.8) is 0 Å². The van der Waals surface area contributed by atoms with E-state index in [9.17, 15) is 19.2 Å². The van der Waals surface area contributed by atoms with E-state index in [0.29, 0.717) is 40.9 Å². The lowest BCUT2D eigenvalue weighted by Gasteiger charge is -2.17. The summed E-state index contributed by atoms with van der Waals surface area (Å²) >= 11 is 0.611. The standard InChI is InChI=1S/C21H16N2O5S/c24-16(25)12-23-20(27)18(29-21(23)28)17-14-8-4-5-9-15(14)22(19(17)26)11-10-13-6-2-1-3-7-13/h1-9H,10-12H2,(H,24,25)/b18-17-. The van der Waals surface area contributed by atoms with Crippen LogP contribution >= 0.6 is 11.8 Å². The molecule has 0 atom stereocenters. The molecule has 1 N–H and O–H groups in total. The van der Waals surface area contributed by atoms with Crippen LogP contribution in [-0.2, 0) is 20.8 Å². The lowest BCUT2D eigenvalue weighted by molar-refractivity contribution is -0.140. The number of aliphatic carboxylic acids is 1. The molecular weight excluding hydrogens is 392 g/mol. The molecule has 0 aromatic heterocycles. The number of carboxylic acid groups (broad SMARTS) is 1. The summed E-state index contributed by atoms with van der Waals surface area (Å²) in [6, 6.07) is 16.8. The Hall–Kier alpha value is -3.39. The van der Waals surface area contributed by atoms with E-state index in [0.717, 1.165) is 5.56 Å². The van der Waals surface area contributed by atoms with Crippen LogP contribution in [-0.4, -0.2) is 46.1 Å². The van der Waals surface area contributed by atoms with Crippen LogP contribution in [0.3, 0.4) is 0 Å². The van der Waals surface area contributed by atoms with E-state index < -0.39 is 23.7 Å². The minimum absolute atomic E-state index is 0.0177. The number of amides is 3. The van der Waals surface area contributed by atoms with Gasteiger partial charge >= 0.3 is 5.97 Å². The molecule has 4 rings (SSSR count). The van der Waals surface area contributed by atoms with Gasteiger partial charge in [0.05, 0.1) is 16.2 Å². The van der Waals surface area contributed by atoms with Crippen molar-refractivity contribution >= 4 is 46.0 Å². The van der Waals surface area contributed by atoms with Gasteiger partial charge in [0.25, 0.3) is 17.1 Å². The summed E-state index contributed by atoms with van der Waals surface area (Å²) in [7, 11) is 0. The second kappa shape index (κ2) is 7.56. The first-order valence-electron chi connectivity index (χ1n) is 8.92. The van der Waals surface area contributed by atoms with E-state index in [2.05, 4.69) is 0 Å². The molecule has 2 aromatic carbocycles. The average Bonchev–Trinajstić information content (AvgIpc) is 3.14. The molecule has 0 saturated carbocycles. The third-order valence-electron chi connectivity index (χ3n) is 4.76. The van der Waals surface area contributed by atoms with E-state index in [1.54, 1.807) is 29.2 Å². The summed E-state index contributed by atoms with van der Waals surface area (Å²) in [4.78, 5) is 51.2. The number of nitrogens with zero attached hydrogens (tertiary/aromatic N) is 2. The second-order valence-electron chi connectivity index (χ2n) is 6.57. The summed E-state index contributed by atoms with van der Waals surface area (Å²) in [5.41, 5.74) is 2.48. The Balaban J connectivity index is 1.69. The predicted molar refractivity (Wildman–Crippen MR) is 108 cm³/mol. The van der Waals surface area contributed by atoms with Crippen molar-refractivity contribution in [2.75, 3.05) is 18.0 Å². The van der Waals surface area contributed by atoms with Crippen LogP contribution in [0.4, 0.5) is 10.5 Å². The number of hydrogen-bond donors (Lipinski definition) is 1. The van der Waals surface area contributed by atoms with Crippen molar-refractivity contribution in [1.29, 1.82) is 0 Å². The molecule has 2 heterocycles. The molecular formula is C21H16N2O5S. The van der Waals surface area contributed by atoms with Crippen molar-refractivity contribution in [3.8, 4) is 0 Å². The molecule has 0 spiro atoms. The lowest BCUT2D eigenvalue weighted by atomic mass is 10.1. The molecule has 2 aliphatic rings. The van der Waals surface area contributed by atoms with Crippen LogP contribution in [0.5, 0.6) is 0 Å². The summed E-state index contributed by atoms with van der Waals surface area (Å²) in [6.07, 6.45) is 0.634. The number of anilines is 1. The van der Waals surface area contributed by atoms with E-state index in [1.807, 2.05) is 30.3 Å². The normalized spacial score (nSPS) is 18.6. The Kier molecular flexibility index (Phi) is 4.94. The van der Waals surface area contributed by atoms with Gasteiger partial charge in [0, 0.05) is 12.1 Å². The maximum absolute atomic E-state index is 13.2. The third-order valence-corrected chi connectivity index (χ3v) is 5.74. The first-order chi connectivity index (χ1) is 14.0. The molecule has 8 heteroatoms. The summed E-state index contributed by atoms with van der Waals surface area (Å²) in [6.45, 7) is -0.308. The highest BCUT2D eigenvalue weighted by molar-refractivity contribution is 8.18. The number of benzene rings is 2. The zero-order chi connectivity index (χ0) is 20.5. The molecule has 3 amide bonds. The molecule has 2 aromatic rings. The SMILES string of the molecule is O=C(O)CN1C(=O)S/C(=C2\C(=O)N(CCc3ccccc3)c3ccccc32)C1=O. The molecule has 1 saturated heterocycles. The number of carbonyl (C=O) groups excluding carboxylic acids is 3. The summed E-state index contributed by atoms with van der Waals surface area (Å²) < 4.78 is 0. The quantitative estimate of drug-likeness (QED) is 0.765. The van der Waals surface area contributed by atoms with Gasteiger partial charge in [0.1, 0.15) is 6.54 Å². The number of carboxylic acids is 1. The summed E-state index contributed by atoms with van der Waals surface area (Å²) in [5.74, 6) is -2.39. The number of carbonyl (C=O) groups is 4. The molecule has 146 valence electrons. The molecule has 0 unspecified atom stereocenters. The summed E-state index contributed by atoms with van der Waals surface area (Å²) in [5, 5.41) is 8.26. The number of rotatable bonds is 5. The number of fused-ring (bicyclic) bond motifs is 1. The van der Waals surface area contributed by atoms with Crippen LogP contribution in [0.2, 0.25) is 0 Å². The van der Waals surface area contributed by atoms with Crippen LogP contribution in [0.1, 0.15) is 11.1 Å². The smallest absolute Gasteiger partial charge is 0.323 e. The maximum atomic E-state index is 13.2. The minimum Gasteiger partial charge on any atom is -0.480 e. The van der Waals surface area contributed by atoms with Crippen molar-refractivity contribution in [3.05, 3.63) is 70.6 Å². The van der Waals surface area contributed by atoms with Gasteiger partial charge in [-0.2, -0.15) is 0 Å². The van der Waals surface area contributed by atoms with Gasteiger partial charge in [-0.15, -0.1) is 0 Å². The van der Waals surface area contributed by atoms with Crippen molar-refractivity contribution in [2.45, 2.75) is 6.42 Å². The fraction of sp³-hybridized carbons (Fsp3) is 0.143. The van der Waals surface area contributed by atoms with E-state index >= 15 is 0 Å². The highest BCUT2D eigenvalue weighted by Crippen LogP contribution is 2.44. The van der Waals surface area contributed by atoms with Gasteiger partial charge in [0.2, 0.25) is 0 Å². The molecule has 0 bridgehead atoms. The largest absolute Gasteiger partial charge is 0.480 e. The van der Waals surface area contributed by atoms with Gasteiger partial charge in [-0.05, 0) is 29.8 Å². The number of imide groups is 1. The van der Waals surface area contributed by atoms with Gasteiger partial charge in [-0.3, -0.25) is 24.1 Å². The molecule has 7 nitrogen and oxygen atoms in total. The molecule has 2 aliphatic heterocycles. The number of para-hydroxylation sites is 1. The topological polar surface area (TPSA) is 95.0 Å². The van der Waals surface area contributed by atoms with Crippen LogP contribution in [0.15, 0.2) is 59.5 Å². The first kappa shape index (κ1) is 18.9. The highest BCUT2D eigenvalue weighted by Gasteiger charge is 2.43. The maximum Gasteiger partial charge on any atom is 0.323 e. The van der Waals surface area contributed by atoms with Crippen molar-refractivity contribution in [1.82, 2.24) is 4.90 Å².